The molecule has 2 atom stereocenters. The van der Waals surface area contributed by atoms with Crippen molar-refractivity contribution in [3.05, 3.63) is 58.8 Å². The van der Waals surface area contributed by atoms with E-state index in [1.54, 1.807) is 22.9 Å². The molecule has 0 saturated heterocycles. The van der Waals surface area contributed by atoms with Gasteiger partial charge in [0.05, 0.1) is 18.7 Å². The Balaban J connectivity index is 1.83. The maximum atomic E-state index is 12.3. The number of ether oxygens (including phenoxy) is 1. The van der Waals surface area contributed by atoms with E-state index < -0.39 is 5.54 Å². The van der Waals surface area contributed by atoms with Crippen molar-refractivity contribution in [2.75, 3.05) is 7.11 Å². The molecule has 1 aromatic rings. The first-order chi connectivity index (χ1) is 13.5. The van der Waals surface area contributed by atoms with Crippen molar-refractivity contribution in [3.63, 3.8) is 0 Å². The van der Waals surface area contributed by atoms with Gasteiger partial charge in [0.15, 0.2) is 23.4 Å². The Hall–Kier alpha value is -2.95. The van der Waals surface area contributed by atoms with Crippen LogP contribution in [-0.4, -0.2) is 40.7 Å². The van der Waals surface area contributed by atoms with Gasteiger partial charge >= 0.3 is 5.91 Å². The van der Waals surface area contributed by atoms with E-state index in [1.807, 2.05) is 31.3 Å². The zero-order chi connectivity index (χ0) is 19.9. The van der Waals surface area contributed by atoms with Crippen molar-refractivity contribution >= 4 is 18.3 Å². The molecule has 0 spiro atoms. The molecule has 0 fully saturated rings. The Morgan fingerprint density at radius 2 is 2.18 bits per heavy atom. The normalized spacial score (nSPS) is 28.0. The summed E-state index contributed by atoms with van der Waals surface area (Å²) in [6, 6.07) is 5.39. The molecular formula is C23H25N2O3+. The molecule has 0 saturated carbocycles. The molecular weight excluding hydrogens is 352 g/mol. The predicted molar refractivity (Wildman–Crippen MR) is 109 cm³/mol. The second kappa shape index (κ2) is 6.89. The molecule has 1 N–H and O–H groups in total. The number of carbonyl (C=O) groups is 1. The second-order valence-electron chi connectivity index (χ2n) is 7.71. The summed E-state index contributed by atoms with van der Waals surface area (Å²) in [5, 5.41) is 10.4. The molecule has 5 heteroatoms. The van der Waals surface area contributed by atoms with Crippen molar-refractivity contribution in [2.24, 2.45) is 10.9 Å². The van der Waals surface area contributed by atoms with E-state index in [-0.39, 0.29) is 11.7 Å². The van der Waals surface area contributed by atoms with Crippen molar-refractivity contribution in [2.45, 2.75) is 38.6 Å². The van der Waals surface area contributed by atoms with E-state index in [9.17, 15) is 9.90 Å². The van der Waals surface area contributed by atoms with Crippen molar-refractivity contribution in [3.8, 4) is 11.5 Å². The molecule has 1 aromatic carbocycles. The van der Waals surface area contributed by atoms with Crippen LogP contribution in [0, 0.1) is 5.92 Å². The molecule has 2 aliphatic carbocycles. The van der Waals surface area contributed by atoms with Crippen molar-refractivity contribution in [1.82, 2.24) is 0 Å². The van der Waals surface area contributed by atoms with Crippen LogP contribution in [0.5, 0.6) is 11.5 Å². The summed E-state index contributed by atoms with van der Waals surface area (Å²) in [5.74, 6) is 0.863. The average molecular weight is 377 g/mol. The third-order valence-electron chi connectivity index (χ3n) is 5.84. The first kappa shape index (κ1) is 18.4. The quantitative estimate of drug-likeness (QED) is 0.495. The van der Waals surface area contributed by atoms with Crippen LogP contribution in [0.1, 0.15) is 38.7 Å². The van der Waals surface area contributed by atoms with Gasteiger partial charge in [-0.2, -0.15) is 0 Å². The van der Waals surface area contributed by atoms with E-state index >= 15 is 0 Å². The summed E-state index contributed by atoms with van der Waals surface area (Å²) in [5.41, 5.74) is 3.66. The maximum absolute atomic E-state index is 12.3. The molecule has 4 rings (SSSR count). The summed E-state index contributed by atoms with van der Waals surface area (Å²) < 4.78 is 6.96. The zero-order valence-corrected chi connectivity index (χ0v) is 16.5. The highest BCUT2D eigenvalue weighted by Crippen LogP contribution is 2.49. The summed E-state index contributed by atoms with van der Waals surface area (Å²) in [6.07, 6.45) is 12.0. The summed E-state index contributed by atoms with van der Waals surface area (Å²) in [6.45, 7) is 4.03. The van der Waals surface area contributed by atoms with Crippen LogP contribution in [0.15, 0.2) is 58.3 Å². The summed E-state index contributed by atoms with van der Waals surface area (Å²) in [4.78, 5) is 17.4. The molecule has 0 radical (unpaired) electrons. The third-order valence-corrected chi connectivity index (χ3v) is 5.84. The molecule has 5 nitrogen and oxygen atoms in total. The highest BCUT2D eigenvalue weighted by Gasteiger charge is 2.48. The molecule has 144 valence electrons. The van der Waals surface area contributed by atoms with Crippen LogP contribution in [0.4, 0.5) is 0 Å². The van der Waals surface area contributed by atoms with Gasteiger partial charge in [-0.15, -0.1) is 4.58 Å². The smallest absolute Gasteiger partial charge is 0.417 e. The fourth-order valence-corrected chi connectivity index (χ4v) is 4.75. The Kier molecular flexibility index (Phi) is 4.53. The molecule has 1 heterocycles. The molecule has 3 aliphatic rings. The number of aliphatic imine (C=N–C) groups is 1. The van der Waals surface area contributed by atoms with Gasteiger partial charge in [-0.05, 0) is 43.9 Å². The van der Waals surface area contributed by atoms with Gasteiger partial charge in [-0.1, -0.05) is 17.7 Å². The van der Waals surface area contributed by atoms with Crippen LogP contribution >= 0.6 is 0 Å². The summed E-state index contributed by atoms with van der Waals surface area (Å²) >= 11 is 0. The standard InChI is InChI=1S/C23H24N2O3/c1-4-25-19-11-16-10-15(2)12-23(13-16,18(19)8-9-21(25)26)24-14-17-6-5-7-20(28-3)22(17)27/h4-10,14,16H,11-13H2,1-3H3/p+1/t16-,23+/m1/s1. The number of aromatic hydroxyl groups is 1. The van der Waals surface area contributed by atoms with E-state index in [2.05, 4.69) is 13.0 Å². The number of methoxy groups -OCH3 is 1. The molecule has 0 aromatic heterocycles. The molecule has 28 heavy (non-hydrogen) atoms. The lowest BCUT2D eigenvalue weighted by molar-refractivity contribution is -0.397. The first-order valence-corrected chi connectivity index (χ1v) is 9.60. The Morgan fingerprint density at radius 1 is 1.36 bits per heavy atom. The predicted octanol–water partition coefficient (Wildman–Crippen LogP) is 3.77. The number of phenols is 1. The minimum atomic E-state index is -0.426. The fourth-order valence-electron chi connectivity index (χ4n) is 4.75. The number of nitrogens with zero attached hydrogens (tertiary/aromatic N) is 2. The lowest BCUT2D eigenvalue weighted by atomic mass is 9.66. The first-order valence-electron chi connectivity index (χ1n) is 9.60. The van der Waals surface area contributed by atoms with Gasteiger partial charge in [0.25, 0.3) is 0 Å². The van der Waals surface area contributed by atoms with Gasteiger partial charge in [-0.3, -0.25) is 4.99 Å². The molecule has 0 unspecified atom stereocenters. The number of rotatable bonds is 3. The molecule has 2 bridgehead atoms. The van der Waals surface area contributed by atoms with Gasteiger partial charge < -0.3 is 9.84 Å². The number of carbonyl (C=O) groups excluding carboxylic acids is 1. The van der Waals surface area contributed by atoms with Crippen molar-refractivity contribution < 1.29 is 19.2 Å². The SMILES string of the molecule is CC=[N+]1C(=O)C=CC2=C1C[C@H]1C=C(C)C[C@]2(N=Cc2cccc(OC)c2O)C1. The van der Waals surface area contributed by atoms with Crippen LogP contribution < -0.4 is 4.74 Å². The second-order valence-corrected chi connectivity index (χ2v) is 7.71. The number of benzene rings is 1. The number of para-hydroxylation sites is 1. The monoisotopic (exact) mass is 377 g/mol. The Labute approximate surface area is 165 Å². The van der Waals surface area contributed by atoms with Crippen LogP contribution in [0.25, 0.3) is 0 Å². The van der Waals surface area contributed by atoms with E-state index in [4.69, 9.17) is 9.73 Å². The molecule has 1 aliphatic heterocycles. The largest absolute Gasteiger partial charge is 0.504 e. The Morgan fingerprint density at radius 3 is 2.93 bits per heavy atom. The number of phenolic OH excluding ortho intramolecular Hbond substituents is 1. The van der Waals surface area contributed by atoms with Gasteiger partial charge in [0, 0.05) is 30.7 Å². The topological polar surface area (TPSA) is 61.9 Å². The minimum Gasteiger partial charge on any atom is -0.504 e. The highest BCUT2D eigenvalue weighted by atomic mass is 16.5. The lowest BCUT2D eigenvalue weighted by Gasteiger charge is -2.42. The molecule has 1 amide bonds. The van der Waals surface area contributed by atoms with Crippen LogP contribution in [-0.2, 0) is 4.79 Å². The lowest BCUT2D eigenvalue weighted by Crippen LogP contribution is -2.43. The fraction of sp³-hybridized carbons (Fsp3) is 0.348. The minimum absolute atomic E-state index is 0.00788. The highest BCUT2D eigenvalue weighted by molar-refractivity contribution is 5.87. The third kappa shape index (κ3) is 2.91. The number of allylic oxidation sites excluding steroid dienone is 2. The number of amides is 1. The van der Waals surface area contributed by atoms with Crippen LogP contribution in [0.2, 0.25) is 0 Å². The van der Waals surface area contributed by atoms with Gasteiger partial charge in [0.1, 0.15) is 0 Å². The average Bonchev–Trinajstić information content (AvgIpc) is 2.66. The van der Waals surface area contributed by atoms with E-state index in [0.29, 0.717) is 17.2 Å². The Bertz CT molecular complexity index is 997. The number of fused-ring (bicyclic) bond motifs is 3. The summed E-state index contributed by atoms with van der Waals surface area (Å²) in [7, 11) is 1.53. The van der Waals surface area contributed by atoms with Gasteiger partial charge in [-0.25, -0.2) is 4.79 Å². The van der Waals surface area contributed by atoms with Crippen molar-refractivity contribution in [1.29, 1.82) is 0 Å². The van der Waals surface area contributed by atoms with Gasteiger partial charge in [0.2, 0.25) is 0 Å². The van der Waals surface area contributed by atoms with Crippen LogP contribution in [0.3, 0.4) is 0 Å². The number of hydrogen-bond acceptors (Lipinski definition) is 4. The maximum Gasteiger partial charge on any atom is 0.417 e. The zero-order valence-electron chi connectivity index (χ0n) is 16.5. The number of hydrogen-bond donors (Lipinski definition) is 1. The van der Waals surface area contributed by atoms with E-state index in [1.165, 1.54) is 12.7 Å². The van der Waals surface area contributed by atoms with E-state index in [0.717, 1.165) is 30.5 Å².